The second-order valence-electron chi connectivity index (χ2n) is 3.02. The van der Waals surface area contributed by atoms with Crippen LogP contribution in [0.1, 0.15) is 5.89 Å². The van der Waals surface area contributed by atoms with Gasteiger partial charge in [-0.05, 0) is 7.05 Å². The van der Waals surface area contributed by atoms with Gasteiger partial charge in [-0.2, -0.15) is 0 Å². The highest BCUT2D eigenvalue weighted by Crippen LogP contribution is 2.17. The lowest BCUT2D eigenvalue weighted by atomic mass is 10.2. The van der Waals surface area contributed by atoms with Gasteiger partial charge in [0.2, 0.25) is 5.89 Å². The normalized spacial score (nSPS) is 10.4. The standard InChI is InChI=1S/C11H12N2O/c1-12-7-11-13-10(8-14-11)9-5-3-2-4-6-9/h2-6,8,12H,7H2,1H3. The van der Waals surface area contributed by atoms with Crippen LogP contribution in [-0.2, 0) is 6.54 Å². The number of aromatic nitrogens is 1. The lowest BCUT2D eigenvalue weighted by molar-refractivity contribution is 0.480. The fraction of sp³-hybridized carbons (Fsp3) is 0.182. The third kappa shape index (κ3) is 1.83. The Kier molecular flexibility index (Phi) is 2.60. The van der Waals surface area contributed by atoms with Crippen LogP contribution < -0.4 is 5.32 Å². The van der Waals surface area contributed by atoms with Crippen molar-refractivity contribution in [3.8, 4) is 11.3 Å². The molecule has 72 valence electrons. The van der Waals surface area contributed by atoms with E-state index in [4.69, 9.17) is 4.42 Å². The summed E-state index contributed by atoms with van der Waals surface area (Å²) in [7, 11) is 1.87. The Morgan fingerprint density at radius 2 is 2.07 bits per heavy atom. The largest absolute Gasteiger partial charge is 0.447 e. The molecule has 0 aliphatic heterocycles. The monoisotopic (exact) mass is 188 g/mol. The van der Waals surface area contributed by atoms with E-state index in [0.29, 0.717) is 12.4 Å². The van der Waals surface area contributed by atoms with Gasteiger partial charge >= 0.3 is 0 Å². The van der Waals surface area contributed by atoms with Crippen molar-refractivity contribution >= 4 is 0 Å². The van der Waals surface area contributed by atoms with Gasteiger partial charge in [-0.1, -0.05) is 30.3 Å². The molecule has 14 heavy (non-hydrogen) atoms. The molecule has 3 nitrogen and oxygen atoms in total. The Bertz CT molecular complexity index is 395. The molecular weight excluding hydrogens is 176 g/mol. The van der Waals surface area contributed by atoms with Crippen molar-refractivity contribution in [2.75, 3.05) is 7.05 Å². The molecule has 0 amide bonds. The summed E-state index contributed by atoms with van der Waals surface area (Å²) in [4.78, 5) is 4.34. The van der Waals surface area contributed by atoms with Gasteiger partial charge in [-0.3, -0.25) is 0 Å². The zero-order chi connectivity index (χ0) is 9.80. The number of nitrogens with one attached hydrogen (secondary N) is 1. The highest BCUT2D eigenvalue weighted by molar-refractivity contribution is 5.57. The molecule has 3 heteroatoms. The number of rotatable bonds is 3. The number of hydrogen-bond acceptors (Lipinski definition) is 3. The summed E-state index contributed by atoms with van der Waals surface area (Å²) >= 11 is 0. The maximum Gasteiger partial charge on any atom is 0.208 e. The Balaban J connectivity index is 2.25. The second kappa shape index (κ2) is 4.07. The molecule has 1 aromatic heterocycles. The number of nitrogens with zero attached hydrogens (tertiary/aromatic N) is 1. The average Bonchev–Trinajstić information content (AvgIpc) is 2.68. The van der Waals surface area contributed by atoms with Crippen LogP contribution in [0, 0.1) is 0 Å². The van der Waals surface area contributed by atoms with Gasteiger partial charge in [0.15, 0.2) is 0 Å². The van der Waals surface area contributed by atoms with E-state index >= 15 is 0 Å². The quantitative estimate of drug-likeness (QED) is 0.801. The first-order valence-electron chi connectivity index (χ1n) is 4.54. The SMILES string of the molecule is CNCc1nc(-c2ccccc2)co1. The maximum atomic E-state index is 5.29. The van der Waals surface area contributed by atoms with Crippen molar-refractivity contribution in [2.45, 2.75) is 6.54 Å². The third-order valence-corrected chi connectivity index (χ3v) is 1.95. The van der Waals surface area contributed by atoms with Gasteiger partial charge in [-0.15, -0.1) is 0 Å². The summed E-state index contributed by atoms with van der Waals surface area (Å²) in [6.45, 7) is 0.660. The van der Waals surface area contributed by atoms with Crippen molar-refractivity contribution < 1.29 is 4.42 Å². The van der Waals surface area contributed by atoms with Crippen LogP contribution >= 0.6 is 0 Å². The summed E-state index contributed by atoms with van der Waals surface area (Å²) in [5.41, 5.74) is 1.97. The number of benzene rings is 1. The summed E-state index contributed by atoms with van der Waals surface area (Å²) < 4.78 is 5.29. The lowest BCUT2D eigenvalue weighted by Crippen LogP contribution is -2.04. The zero-order valence-electron chi connectivity index (χ0n) is 8.03. The van der Waals surface area contributed by atoms with Crippen molar-refractivity contribution in [1.29, 1.82) is 0 Å². The van der Waals surface area contributed by atoms with E-state index in [1.165, 1.54) is 0 Å². The molecule has 0 bridgehead atoms. The van der Waals surface area contributed by atoms with Crippen LogP contribution in [0.15, 0.2) is 41.0 Å². The molecule has 0 saturated heterocycles. The van der Waals surface area contributed by atoms with E-state index in [9.17, 15) is 0 Å². The fourth-order valence-corrected chi connectivity index (χ4v) is 1.28. The minimum absolute atomic E-state index is 0.660. The van der Waals surface area contributed by atoms with E-state index in [1.807, 2.05) is 37.4 Å². The lowest BCUT2D eigenvalue weighted by Gasteiger charge is -1.92. The summed E-state index contributed by atoms with van der Waals surface area (Å²) in [6.07, 6.45) is 1.68. The molecule has 2 rings (SSSR count). The Morgan fingerprint density at radius 1 is 1.29 bits per heavy atom. The van der Waals surface area contributed by atoms with Crippen molar-refractivity contribution in [2.24, 2.45) is 0 Å². The molecule has 1 N–H and O–H groups in total. The zero-order valence-corrected chi connectivity index (χ0v) is 8.03. The molecule has 0 unspecified atom stereocenters. The van der Waals surface area contributed by atoms with Crippen LogP contribution in [0.3, 0.4) is 0 Å². The fourth-order valence-electron chi connectivity index (χ4n) is 1.28. The van der Waals surface area contributed by atoms with Gasteiger partial charge in [0.25, 0.3) is 0 Å². The van der Waals surface area contributed by atoms with E-state index in [0.717, 1.165) is 11.3 Å². The van der Waals surface area contributed by atoms with Crippen LogP contribution in [0.5, 0.6) is 0 Å². The van der Waals surface area contributed by atoms with Crippen molar-refractivity contribution in [1.82, 2.24) is 10.3 Å². The molecule has 0 radical (unpaired) electrons. The van der Waals surface area contributed by atoms with Crippen LogP contribution in [0.25, 0.3) is 11.3 Å². The van der Waals surface area contributed by atoms with E-state index in [1.54, 1.807) is 6.26 Å². The minimum Gasteiger partial charge on any atom is -0.447 e. The highest BCUT2D eigenvalue weighted by Gasteiger charge is 2.03. The smallest absolute Gasteiger partial charge is 0.208 e. The molecule has 0 spiro atoms. The van der Waals surface area contributed by atoms with Crippen LogP contribution in [0.4, 0.5) is 0 Å². The van der Waals surface area contributed by atoms with Gasteiger partial charge in [-0.25, -0.2) is 4.98 Å². The maximum absolute atomic E-state index is 5.29. The van der Waals surface area contributed by atoms with Crippen molar-refractivity contribution in [3.05, 3.63) is 42.5 Å². The van der Waals surface area contributed by atoms with E-state index in [-0.39, 0.29) is 0 Å². The van der Waals surface area contributed by atoms with Gasteiger partial charge in [0, 0.05) is 5.56 Å². The predicted molar refractivity (Wildman–Crippen MR) is 54.7 cm³/mol. The number of oxazole rings is 1. The molecule has 0 saturated carbocycles. The Morgan fingerprint density at radius 3 is 2.79 bits per heavy atom. The molecular formula is C11H12N2O. The molecule has 1 aromatic carbocycles. The van der Waals surface area contributed by atoms with Crippen molar-refractivity contribution in [3.63, 3.8) is 0 Å². The molecule has 0 aliphatic rings. The Labute approximate surface area is 82.8 Å². The first-order valence-corrected chi connectivity index (χ1v) is 4.54. The molecule has 0 atom stereocenters. The summed E-state index contributed by atoms with van der Waals surface area (Å²) in [5.74, 6) is 0.714. The van der Waals surface area contributed by atoms with E-state index < -0.39 is 0 Å². The molecule has 0 fully saturated rings. The van der Waals surface area contributed by atoms with E-state index in [2.05, 4.69) is 10.3 Å². The Hall–Kier alpha value is -1.61. The molecule has 0 aliphatic carbocycles. The van der Waals surface area contributed by atoms with Crippen LogP contribution in [-0.4, -0.2) is 12.0 Å². The average molecular weight is 188 g/mol. The summed E-state index contributed by atoms with van der Waals surface area (Å²) in [5, 5.41) is 2.99. The first kappa shape index (κ1) is 8.97. The van der Waals surface area contributed by atoms with Gasteiger partial charge in [0.05, 0.1) is 6.54 Å². The highest BCUT2D eigenvalue weighted by atomic mass is 16.3. The first-order chi connectivity index (χ1) is 6.90. The summed E-state index contributed by atoms with van der Waals surface area (Å²) in [6, 6.07) is 9.99. The predicted octanol–water partition coefficient (Wildman–Crippen LogP) is 2.06. The minimum atomic E-state index is 0.660. The molecule has 1 heterocycles. The molecule has 2 aromatic rings. The second-order valence-corrected chi connectivity index (χ2v) is 3.02. The number of hydrogen-bond donors (Lipinski definition) is 1. The third-order valence-electron chi connectivity index (χ3n) is 1.95. The topological polar surface area (TPSA) is 38.1 Å². The van der Waals surface area contributed by atoms with Crippen LogP contribution in [0.2, 0.25) is 0 Å². The van der Waals surface area contributed by atoms with Gasteiger partial charge in [0.1, 0.15) is 12.0 Å². The van der Waals surface area contributed by atoms with Gasteiger partial charge < -0.3 is 9.73 Å².